The zero-order chi connectivity index (χ0) is 18.9. The van der Waals surface area contributed by atoms with Crippen molar-refractivity contribution in [1.82, 2.24) is 10.6 Å². The zero-order valence-electron chi connectivity index (χ0n) is 15.2. The van der Waals surface area contributed by atoms with Gasteiger partial charge < -0.3 is 14.8 Å². The van der Waals surface area contributed by atoms with Gasteiger partial charge in [-0.05, 0) is 75.0 Å². The second kappa shape index (κ2) is 9.77. The third-order valence-electron chi connectivity index (χ3n) is 3.40. The van der Waals surface area contributed by atoms with Gasteiger partial charge in [0.25, 0.3) is 5.91 Å². The number of benzene rings is 2. The fraction of sp³-hybridized carbons (Fsp3) is 0.300. The Morgan fingerprint density at radius 3 is 2.23 bits per heavy atom. The van der Waals surface area contributed by atoms with Crippen molar-refractivity contribution >= 4 is 23.2 Å². The Hall–Kier alpha value is -2.60. The molecule has 5 nitrogen and oxygen atoms in total. The summed E-state index contributed by atoms with van der Waals surface area (Å²) >= 11 is 5.19. The second-order valence-corrected chi connectivity index (χ2v) is 6.31. The van der Waals surface area contributed by atoms with Gasteiger partial charge in [-0.15, -0.1) is 0 Å². The fourth-order valence-corrected chi connectivity index (χ4v) is 2.39. The maximum absolute atomic E-state index is 12.2. The van der Waals surface area contributed by atoms with E-state index in [1.807, 2.05) is 45.0 Å². The van der Waals surface area contributed by atoms with Crippen molar-refractivity contribution < 1.29 is 14.3 Å². The maximum Gasteiger partial charge on any atom is 0.257 e. The Labute approximate surface area is 159 Å². The molecule has 2 aromatic rings. The van der Waals surface area contributed by atoms with Gasteiger partial charge in [-0.3, -0.25) is 10.1 Å². The standard InChI is InChI=1S/C20H24N2O3S/c1-4-24-17-11-7-16(8-12-17)19(23)22-20(26)21-13-15-5-9-18(10-6-15)25-14(2)3/h5-12,14H,4,13H2,1-3H3,(H2,21,22,23,26). The molecule has 0 heterocycles. The van der Waals surface area contributed by atoms with E-state index < -0.39 is 0 Å². The molecule has 0 aromatic heterocycles. The molecule has 0 fully saturated rings. The lowest BCUT2D eigenvalue weighted by Gasteiger charge is -2.12. The molecule has 0 aliphatic carbocycles. The first-order chi connectivity index (χ1) is 12.5. The van der Waals surface area contributed by atoms with Crippen LogP contribution in [-0.4, -0.2) is 23.7 Å². The Morgan fingerprint density at radius 1 is 1.04 bits per heavy atom. The average molecular weight is 372 g/mol. The van der Waals surface area contributed by atoms with Crippen molar-refractivity contribution in [3.05, 3.63) is 59.7 Å². The van der Waals surface area contributed by atoms with Gasteiger partial charge in [0.05, 0.1) is 12.7 Å². The summed E-state index contributed by atoms with van der Waals surface area (Å²) in [5, 5.41) is 5.98. The summed E-state index contributed by atoms with van der Waals surface area (Å²) < 4.78 is 11.0. The first-order valence-electron chi connectivity index (χ1n) is 8.55. The highest BCUT2D eigenvalue weighted by Crippen LogP contribution is 2.14. The molecular formula is C20H24N2O3S. The lowest BCUT2D eigenvalue weighted by atomic mass is 10.2. The van der Waals surface area contributed by atoms with Crippen LogP contribution in [0, 0.1) is 0 Å². The number of thiocarbonyl (C=S) groups is 1. The van der Waals surface area contributed by atoms with Gasteiger partial charge in [0.1, 0.15) is 11.5 Å². The highest BCUT2D eigenvalue weighted by atomic mass is 32.1. The summed E-state index contributed by atoms with van der Waals surface area (Å²) in [5.74, 6) is 1.30. The van der Waals surface area contributed by atoms with Crippen LogP contribution in [0.1, 0.15) is 36.7 Å². The molecule has 0 saturated carbocycles. The molecule has 2 aromatic carbocycles. The molecule has 2 rings (SSSR count). The van der Waals surface area contributed by atoms with E-state index in [0.717, 1.165) is 17.1 Å². The molecular weight excluding hydrogens is 348 g/mol. The molecule has 0 radical (unpaired) electrons. The Balaban J connectivity index is 1.81. The molecule has 26 heavy (non-hydrogen) atoms. The third kappa shape index (κ3) is 6.37. The van der Waals surface area contributed by atoms with Crippen molar-refractivity contribution in [2.45, 2.75) is 33.4 Å². The highest BCUT2D eigenvalue weighted by molar-refractivity contribution is 7.80. The molecule has 0 aliphatic heterocycles. The largest absolute Gasteiger partial charge is 0.494 e. The van der Waals surface area contributed by atoms with Crippen LogP contribution in [0.25, 0.3) is 0 Å². The summed E-state index contributed by atoms with van der Waals surface area (Å²) in [6, 6.07) is 14.7. The number of carbonyl (C=O) groups is 1. The van der Waals surface area contributed by atoms with Crippen molar-refractivity contribution in [2.75, 3.05) is 6.61 Å². The van der Waals surface area contributed by atoms with Gasteiger partial charge in [0.2, 0.25) is 0 Å². The van der Waals surface area contributed by atoms with Crippen molar-refractivity contribution in [2.24, 2.45) is 0 Å². The number of rotatable bonds is 7. The summed E-state index contributed by atoms with van der Waals surface area (Å²) in [6.45, 7) is 6.99. The third-order valence-corrected chi connectivity index (χ3v) is 3.65. The molecule has 2 N–H and O–H groups in total. The van der Waals surface area contributed by atoms with E-state index >= 15 is 0 Å². The fourth-order valence-electron chi connectivity index (χ4n) is 2.23. The lowest BCUT2D eigenvalue weighted by Crippen LogP contribution is -2.38. The van der Waals surface area contributed by atoms with E-state index in [-0.39, 0.29) is 17.1 Å². The molecule has 0 aliphatic rings. The topological polar surface area (TPSA) is 59.6 Å². The zero-order valence-corrected chi connectivity index (χ0v) is 16.1. The quantitative estimate of drug-likeness (QED) is 0.726. The maximum atomic E-state index is 12.2. The number of nitrogens with one attached hydrogen (secondary N) is 2. The summed E-state index contributed by atoms with van der Waals surface area (Å²) in [6.07, 6.45) is 0.143. The van der Waals surface area contributed by atoms with Crippen LogP contribution in [0.15, 0.2) is 48.5 Å². The van der Waals surface area contributed by atoms with Crippen molar-refractivity contribution in [1.29, 1.82) is 0 Å². The molecule has 0 unspecified atom stereocenters. The van der Waals surface area contributed by atoms with Gasteiger partial charge in [0.15, 0.2) is 5.11 Å². The van der Waals surface area contributed by atoms with Crippen LogP contribution in [0.3, 0.4) is 0 Å². The summed E-state index contributed by atoms with van der Waals surface area (Å²) in [7, 11) is 0. The molecule has 1 amide bonds. The Morgan fingerprint density at radius 2 is 1.65 bits per heavy atom. The molecule has 0 spiro atoms. The predicted molar refractivity (Wildman–Crippen MR) is 107 cm³/mol. The van der Waals surface area contributed by atoms with Crippen LogP contribution >= 0.6 is 12.2 Å². The van der Waals surface area contributed by atoms with Gasteiger partial charge in [-0.2, -0.15) is 0 Å². The Kier molecular flexibility index (Phi) is 7.41. The number of amides is 1. The predicted octanol–water partition coefficient (Wildman–Crippen LogP) is 3.68. The van der Waals surface area contributed by atoms with E-state index in [4.69, 9.17) is 21.7 Å². The molecule has 0 saturated heterocycles. The minimum Gasteiger partial charge on any atom is -0.494 e. The number of ether oxygens (including phenoxy) is 2. The molecule has 0 bridgehead atoms. The number of hydrogen-bond acceptors (Lipinski definition) is 4. The first kappa shape index (κ1) is 19.7. The smallest absolute Gasteiger partial charge is 0.257 e. The van der Waals surface area contributed by atoms with E-state index in [1.165, 1.54) is 0 Å². The van der Waals surface area contributed by atoms with Crippen molar-refractivity contribution in [3.8, 4) is 11.5 Å². The van der Waals surface area contributed by atoms with Gasteiger partial charge in [0, 0.05) is 12.1 Å². The lowest BCUT2D eigenvalue weighted by molar-refractivity contribution is 0.0976. The van der Waals surface area contributed by atoms with Crippen molar-refractivity contribution in [3.63, 3.8) is 0 Å². The van der Waals surface area contributed by atoms with Gasteiger partial charge in [-0.1, -0.05) is 12.1 Å². The summed E-state index contributed by atoms with van der Waals surface area (Å²) in [5.41, 5.74) is 1.56. The van der Waals surface area contributed by atoms with E-state index in [0.29, 0.717) is 18.7 Å². The van der Waals surface area contributed by atoms with Crippen LogP contribution in [0.5, 0.6) is 11.5 Å². The Bertz CT molecular complexity index is 728. The molecule has 138 valence electrons. The van der Waals surface area contributed by atoms with Gasteiger partial charge in [-0.25, -0.2) is 0 Å². The monoisotopic (exact) mass is 372 g/mol. The van der Waals surface area contributed by atoms with Crippen LogP contribution in [-0.2, 0) is 6.54 Å². The summed E-state index contributed by atoms with van der Waals surface area (Å²) in [4.78, 5) is 12.2. The van der Waals surface area contributed by atoms with Gasteiger partial charge >= 0.3 is 0 Å². The molecule has 0 atom stereocenters. The number of carbonyl (C=O) groups excluding carboxylic acids is 1. The molecule has 6 heteroatoms. The van der Waals surface area contributed by atoms with Crippen LogP contribution < -0.4 is 20.1 Å². The highest BCUT2D eigenvalue weighted by Gasteiger charge is 2.08. The van der Waals surface area contributed by atoms with E-state index in [2.05, 4.69) is 10.6 Å². The second-order valence-electron chi connectivity index (χ2n) is 5.90. The minimum atomic E-state index is -0.258. The average Bonchev–Trinajstić information content (AvgIpc) is 2.61. The first-order valence-corrected chi connectivity index (χ1v) is 8.96. The number of hydrogen-bond donors (Lipinski definition) is 2. The normalized spacial score (nSPS) is 10.3. The SMILES string of the molecule is CCOc1ccc(C(=O)NC(=S)NCc2ccc(OC(C)C)cc2)cc1. The van der Waals surface area contributed by atoms with E-state index in [9.17, 15) is 4.79 Å². The van der Waals surface area contributed by atoms with Crippen LogP contribution in [0.2, 0.25) is 0 Å². The minimum absolute atomic E-state index is 0.143. The van der Waals surface area contributed by atoms with Crippen LogP contribution in [0.4, 0.5) is 0 Å². The van der Waals surface area contributed by atoms with E-state index in [1.54, 1.807) is 24.3 Å².